The number of carbonyl (C=O) groups is 1. The molecule has 0 unspecified atom stereocenters. The van der Waals surface area contributed by atoms with Crippen LogP contribution in [-0.2, 0) is 14.8 Å². The van der Waals surface area contributed by atoms with Crippen molar-refractivity contribution in [3.8, 4) is 0 Å². The Labute approximate surface area is 137 Å². The van der Waals surface area contributed by atoms with Crippen molar-refractivity contribution in [2.45, 2.75) is 43.0 Å². The smallest absolute Gasteiger partial charge is 0.324 e. The lowest BCUT2D eigenvalue weighted by atomic mass is 9.78. The summed E-state index contributed by atoms with van der Waals surface area (Å²) in [6.45, 7) is 2.02. The van der Waals surface area contributed by atoms with Crippen molar-refractivity contribution >= 4 is 50.5 Å². The summed E-state index contributed by atoms with van der Waals surface area (Å²) in [6, 6.07) is 1.23. The summed E-state index contributed by atoms with van der Waals surface area (Å²) in [5, 5.41) is 9.48. The predicted molar refractivity (Wildman–Crippen MR) is 82.7 cm³/mol. The van der Waals surface area contributed by atoms with Crippen molar-refractivity contribution in [2.75, 3.05) is 0 Å². The third-order valence-corrected chi connectivity index (χ3v) is 7.07. The minimum Gasteiger partial charge on any atom is -0.480 e. The lowest BCUT2D eigenvalue weighted by molar-refractivity contribution is -0.145. The van der Waals surface area contributed by atoms with Crippen molar-refractivity contribution < 1.29 is 18.3 Å². The summed E-state index contributed by atoms with van der Waals surface area (Å²) in [5.74, 6) is -0.767. The highest BCUT2D eigenvalue weighted by Crippen LogP contribution is 2.37. The standard InChI is InChI=1S/C12H15Cl2NO4S2/c1-7-2-4-12(5-3-7,11(16)17)15-21(18,19)8-6-9(13)20-10(8)14/h6-7,15H,2-5H2,1H3,(H,16,17). The molecule has 1 fully saturated rings. The summed E-state index contributed by atoms with van der Waals surface area (Å²) >= 11 is 12.5. The molecule has 5 nitrogen and oxygen atoms in total. The molecule has 0 amide bonds. The Kier molecular flexibility index (Phi) is 4.90. The largest absolute Gasteiger partial charge is 0.480 e. The molecule has 9 heteroatoms. The van der Waals surface area contributed by atoms with Gasteiger partial charge in [0, 0.05) is 0 Å². The lowest BCUT2D eigenvalue weighted by Gasteiger charge is -2.35. The predicted octanol–water partition coefficient (Wildman–Crippen LogP) is 3.37. The summed E-state index contributed by atoms with van der Waals surface area (Å²) in [4.78, 5) is 11.4. The van der Waals surface area contributed by atoms with Crippen LogP contribution in [0.3, 0.4) is 0 Å². The first kappa shape index (κ1) is 17.0. The Bertz CT molecular complexity index is 648. The van der Waals surface area contributed by atoms with Gasteiger partial charge in [0.1, 0.15) is 14.8 Å². The third-order valence-electron chi connectivity index (χ3n) is 3.78. The van der Waals surface area contributed by atoms with Gasteiger partial charge in [0.05, 0.1) is 4.34 Å². The van der Waals surface area contributed by atoms with Crippen LogP contribution in [-0.4, -0.2) is 25.0 Å². The van der Waals surface area contributed by atoms with Gasteiger partial charge in [0.25, 0.3) is 0 Å². The van der Waals surface area contributed by atoms with Gasteiger partial charge in [-0.05, 0) is 37.7 Å². The van der Waals surface area contributed by atoms with E-state index in [1.165, 1.54) is 6.07 Å². The van der Waals surface area contributed by atoms with Gasteiger partial charge in [-0.1, -0.05) is 30.1 Å². The minimum atomic E-state index is -4.03. The van der Waals surface area contributed by atoms with Crippen LogP contribution in [0.5, 0.6) is 0 Å². The molecule has 1 saturated carbocycles. The van der Waals surface area contributed by atoms with Crippen LogP contribution in [0.15, 0.2) is 11.0 Å². The summed E-state index contributed by atoms with van der Waals surface area (Å²) < 4.78 is 27.4. The molecule has 21 heavy (non-hydrogen) atoms. The summed E-state index contributed by atoms with van der Waals surface area (Å²) in [7, 11) is -4.03. The number of rotatable bonds is 4. The number of carboxylic acids is 1. The van der Waals surface area contributed by atoms with E-state index in [1.54, 1.807) is 0 Å². The van der Waals surface area contributed by atoms with Gasteiger partial charge in [-0.2, -0.15) is 4.72 Å². The maximum Gasteiger partial charge on any atom is 0.324 e. The van der Waals surface area contributed by atoms with Gasteiger partial charge in [0.15, 0.2) is 0 Å². The fourth-order valence-electron chi connectivity index (χ4n) is 2.44. The highest BCUT2D eigenvalue weighted by molar-refractivity contribution is 7.90. The molecule has 1 aliphatic carbocycles. The van der Waals surface area contributed by atoms with Crippen molar-refractivity contribution in [1.82, 2.24) is 4.72 Å². The van der Waals surface area contributed by atoms with Gasteiger partial charge >= 0.3 is 5.97 Å². The van der Waals surface area contributed by atoms with Gasteiger partial charge in [0.2, 0.25) is 10.0 Å². The van der Waals surface area contributed by atoms with Crippen LogP contribution in [0.25, 0.3) is 0 Å². The van der Waals surface area contributed by atoms with E-state index in [9.17, 15) is 18.3 Å². The van der Waals surface area contributed by atoms with Gasteiger partial charge in [-0.3, -0.25) is 4.79 Å². The molecule has 0 radical (unpaired) electrons. The van der Waals surface area contributed by atoms with E-state index in [1.807, 2.05) is 6.92 Å². The lowest BCUT2D eigenvalue weighted by Crippen LogP contribution is -2.56. The first-order chi connectivity index (χ1) is 9.66. The average Bonchev–Trinajstić information content (AvgIpc) is 2.72. The Morgan fingerprint density at radius 3 is 2.43 bits per heavy atom. The zero-order valence-corrected chi connectivity index (χ0v) is 14.4. The van der Waals surface area contributed by atoms with Gasteiger partial charge < -0.3 is 5.11 Å². The molecule has 0 aromatic carbocycles. The number of carboxylic acid groups (broad SMARTS) is 1. The second kappa shape index (κ2) is 6.04. The fourth-order valence-corrected chi connectivity index (χ4v) is 6.00. The topological polar surface area (TPSA) is 83.5 Å². The Morgan fingerprint density at radius 2 is 2.00 bits per heavy atom. The molecule has 1 aromatic rings. The summed E-state index contributed by atoms with van der Waals surface area (Å²) in [5.41, 5.74) is -1.47. The van der Waals surface area contributed by atoms with Crippen molar-refractivity contribution in [3.63, 3.8) is 0 Å². The zero-order chi connectivity index (χ0) is 15.8. The molecule has 0 saturated heterocycles. The number of hydrogen-bond acceptors (Lipinski definition) is 4. The van der Waals surface area contributed by atoms with E-state index in [4.69, 9.17) is 23.2 Å². The molecule has 2 N–H and O–H groups in total. The first-order valence-electron chi connectivity index (χ1n) is 6.38. The molecule has 0 atom stereocenters. The zero-order valence-electron chi connectivity index (χ0n) is 11.2. The normalized spacial score (nSPS) is 26.7. The molecule has 0 spiro atoms. The number of nitrogens with one attached hydrogen (secondary N) is 1. The van der Waals surface area contributed by atoms with Crippen LogP contribution in [0.2, 0.25) is 8.67 Å². The molecule has 0 aliphatic heterocycles. The number of thiophene rings is 1. The van der Waals surface area contributed by atoms with E-state index >= 15 is 0 Å². The highest BCUT2D eigenvalue weighted by Gasteiger charge is 2.45. The van der Waals surface area contributed by atoms with E-state index in [0.29, 0.717) is 18.8 Å². The van der Waals surface area contributed by atoms with E-state index in [0.717, 1.165) is 11.3 Å². The van der Waals surface area contributed by atoms with Crippen molar-refractivity contribution in [1.29, 1.82) is 0 Å². The molecular formula is C12H15Cl2NO4S2. The third kappa shape index (κ3) is 3.53. The molecule has 0 bridgehead atoms. The minimum absolute atomic E-state index is 0.0252. The second-order valence-corrected chi connectivity index (χ2v) is 9.30. The van der Waals surface area contributed by atoms with Crippen molar-refractivity contribution in [3.05, 3.63) is 14.7 Å². The second-order valence-electron chi connectivity index (χ2n) is 5.36. The van der Waals surface area contributed by atoms with Gasteiger partial charge in [-0.15, -0.1) is 11.3 Å². The summed E-state index contributed by atoms with van der Waals surface area (Å²) in [6.07, 6.45) is 1.84. The Balaban J connectivity index is 2.33. The van der Waals surface area contributed by atoms with Crippen LogP contribution >= 0.6 is 34.5 Å². The number of aliphatic carboxylic acids is 1. The maximum atomic E-state index is 12.4. The SMILES string of the molecule is CC1CCC(NS(=O)(=O)c2cc(Cl)sc2Cl)(C(=O)O)CC1. The maximum absolute atomic E-state index is 12.4. The molecule has 1 heterocycles. The van der Waals surface area contributed by atoms with E-state index in [2.05, 4.69) is 4.72 Å². The molecule has 118 valence electrons. The van der Waals surface area contributed by atoms with Crippen LogP contribution in [0, 0.1) is 5.92 Å². The van der Waals surface area contributed by atoms with Crippen LogP contribution in [0.4, 0.5) is 0 Å². The molecule has 1 aliphatic rings. The van der Waals surface area contributed by atoms with E-state index in [-0.39, 0.29) is 26.4 Å². The Morgan fingerprint density at radius 1 is 1.43 bits per heavy atom. The van der Waals surface area contributed by atoms with Crippen LogP contribution < -0.4 is 4.72 Å². The van der Waals surface area contributed by atoms with Crippen molar-refractivity contribution in [2.24, 2.45) is 5.92 Å². The number of sulfonamides is 1. The van der Waals surface area contributed by atoms with Crippen LogP contribution in [0.1, 0.15) is 32.6 Å². The Hall–Kier alpha value is -0.340. The number of hydrogen-bond donors (Lipinski definition) is 2. The number of halogens is 2. The van der Waals surface area contributed by atoms with E-state index < -0.39 is 21.5 Å². The molecule has 2 rings (SSSR count). The monoisotopic (exact) mass is 371 g/mol. The first-order valence-corrected chi connectivity index (χ1v) is 9.44. The van der Waals surface area contributed by atoms with Gasteiger partial charge in [-0.25, -0.2) is 8.42 Å². The molecular weight excluding hydrogens is 357 g/mol. The molecule has 1 aromatic heterocycles. The highest BCUT2D eigenvalue weighted by atomic mass is 35.5. The fraction of sp³-hybridized carbons (Fsp3) is 0.583. The average molecular weight is 372 g/mol. The quantitative estimate of drug-likeness (QED) is 0.849.